The van der Waals surface area contributed by atoms with Crippen LogP contribution in [0.2, 0.25) is 0 Å². The molecule has 0 bridgehead atoms. The highest BCUT2D eigenvalue weighted by Crippen LogP contribution is 2.31. The number of rotatable bonds is 2. The highest BCUT2D eigenvalue weighted by molar-refractivity contribution is 5.83. The molecule has 4 nitrogen and oxygen atoms in total. The monoisotopic (exact) mass is 212 g/mol. The lowest BCUT2D eigenvalue weighted by molar-refractivity contribution is -0.159. The zero-order valence-electron chi connectivity index (χ0n) is 9.23. The highest BCUT2D eigenvalue weighted by atomic mass is 16.5. The average Bonchev–Trinajstić information content (AvgIpc) is 2.26. The Morgan fingerprint density at radius 2 is 1.80 bits per heavy atom. The van der Waals surface area contributed by atoms with Gasteiger partial charge in [-0.2, -0.15) is 0 Å². The minimum Gasteiger partial charge on any atom is -0.469 e. The van der Waals surface area contributed by atoms with Crippen molar-refractivity contribution >= 4 is 11.9 Å². The highest BCUT2D eigenvalue weighted by Gasteiger charge is 2.39. The van der Waals surface area contributed by atoms with Gasteiger partial charge in [0.1, 0.15) is 0 Å². The van der Waals surface area contributed by atoms with Crippen LogP contribution in [-0.4, -0.2) is 26.2 Å². The number of carbonyl (C=O) groups is 2. The fourth-order valence-electron chi connectivity index (χ4n) is 1.98. The van der Waals surface area contributed by atoms with E-state index in [0.717, 1.165) is 0 Å². The summed E-state index contributed by atoms with van der Waals surface area (Å²) in [4.78, 5) is 23.0. The molecule has 15 heavy (non-hydrogen) atoms. The van der Waals surface area contributed by atoms with E-state index in [-0.39, 0.29) is 17.9 Å². The van der Waals surface area contributed by atoms with E-state index in [0.29, 0.717) is 6.42 Å². The van der Waals surface area contributed by atoms with E-state index in [9.17, 15) is 9.59 Å². The molecule has 0 N–H and O–H groups in total. The molecule has 1 aliphatic rings. The average molecular weight is 212 g/mol. The molecule has 0 aromatic rings. The molecule has 0 amide bonds. The predicted molar refractivity (Wildman–Crippen MR) is 53.9 cm³/mol. The maximum Gasteiger partial charge on any atom is 0.310 e. The van der Waals surface area contributed by atoms with Crippen molar-refractivity contribution in [2.45, 2.75) is 13.3 Å². The first-order chi connectivity index (χ1) is 7.11. The molecule has 0 saturated carbocycles. The van der Waals surface area contributed by atoms with Crippen LogP contribution in [0.5, 0.6) is 0 Å². The van der Waals surface area contributed by atoms with Gasteiger partial charge in [0.15, 0.2) is 0 Å². The predicted octanol–water partition coefficient (Wildman–Crippen LogP) is 1.16. The number of allylic oxidation sites excluding steroid dienone is 2. The van der Waals surface area contributed by atoms with Crippen LogP contribution < -0.4 is 0 Å². The second-order valence-electron chi connectivity index (χ2n) is 3.70. The summed E-state index contributed by atoms with van der Waals surface area (Å²) in [7, 11) is 2.67. The summed E-state index contributed by atoms with van der Waals surface area (Å²) in [5.41, 5.74) is 0. The fourth-order valence-corrected chi connectivity index (χ4v) is 1.98. The van der Waals surface area contributed by atoms with Gasteiger partial charge in [0.25, 0.3) is 0 Å². The Balaban J connectivity index is 2.89. The quantitative estimate of drug-likeness (QED) is 0.509. The summed E-state index contributed by atoms with van der Waals surface area (Å²) in [6.45, 7) is 1.90. The normalized spacial score (nSPS) is 29.7. The van der Waals surface area contributed by atoms with Crippen LogP contribution in [-0.2, 0) is 19.1 Å². The molecule has 0 aromatic heterocycles. The van der Waals surface area contributed by atoms with Crippen LogP contribution in [0, 0.1) is 17.8 Å². The molecule has 0 aromatic carbocycles. The van der Waals surface area contributed by atoms with Gasteiger partial charge in [-0.1, -0.05) is 19.1 Å². The molecule has 4 heteroatoms. The zero-order chi connectivity index (χ0) is 11.4. The van der Waals surface area contributed by atoms with Gasteiger partial charge in [0.05, 0.1) is 26.1 Å². The number of methoxy groups -OCH3 is 2. The van der Waals surface area contributed by atoms with E-state index < -0.39 is 11.8 Å². The fraction of sp³-hybridized carbons (Fsp3) is 0.636. The maximum absolute atomic E-state index is 11.5. The van der Waals surface area contributed by atoms with Crippen molar-refractivity contribution in [1.82, 2.24) is 0 Å². The SMILES string of the molecule is COC(=O)C1CC=CC(C)C1C(=O)OC. The van der Waals surface area contributed by atoms with E-state index >= 15 is 0 Å². The van der Waals surface area contributed by atoms with Crippen molar-refractivity contribution in [1.29, 1.82) is 0 Å². The summed E-state index contributed by atoms with van der Waals surface area (Å²) in [5.74, 6) is -1.52. The Morgan fingerprint density at radius 3 is 2.33 bits per heavy atom. The third-order valence-corrected chi connectivity index (χ3v) is 2.81. The molecular weight excluding hydrogens is 196 g/mol. The van der Waals surface area contributed by atoms with E-state index in [4.69, 9.17) is 4.74 Å². The number of ether oxygens (including phenoxy) is 2. The van der Waals surface area contributed by atoms with Crippen molar-refractivity contribution < 1.29 is 19.1 Å². The van der Waals surface area contributed by atoms with Crippen LogP contribution >= 0.6 is 0 Å². The van der Waals surface area contributed by atoms with E-state index in [1.807, 2.05) is 19.1 Å². The molecule has 0 spiro atoms. The van der Waals surface area contributed by atoms with E-state index in [1.165, 1.54) is 14.2 Å². The molecule has 1 aliphatic carbocycles. The van der Waals surface area contributed by atoms with Gasteiger partial charge in [-0.15, -0.1) is 0 Å². The van der Waals surface area contributed by atoms with Gasteiger partial charge in [-0.3, -0.25) is 9.59 Å². The molecule has 0 saturated heterocycles. The lowest BCUT2D eigenvalue weighted by atomic mass is 9.76. The molecule has 0 radical (unpaired) electrons. The molecular formula is C11H16O4. The first-order valence-electron chi connectivity index (χ1n) is 4.94. The van der Waals surface area contributed by atoms with Gasteiger partial charge in [-0.25, -0.2) is 0 Å². The van der Waals surface area contributed by atoms with Crippen molar-refractivity contribution in [2.75, 3.05) is 14.2 Å². The molecule has 3 unspecified atom stereocenters. The minimum absolute atomic E-state index is 0.00954. The van der Waals surface area contributed by atoms with Crippen molar-refractivity contribution in [3.63, 3.8) is 0 Å². The zero-order valence-corrected chi connectivity index (χ0v) is 9.23. The van der Waals surface area contributed by atoms with Crippen LogP contribution in [0.25, 0.3) is 0 Å². The Labute approximate surface area is 89.2 Å². The van der Waals surface area contributed by atoms with Gasteiger partial charge >= 0.3 is 11.9 Å². The van der Waals surface area contributed by atoms with Crippen LogP contribution in [0.3, 0.4) is 0 Å². The molecule has 0 heterocycles. The number of esters is 2. The second-order valence-corrected chi connectivity index (χ2v) is 3.70. The largest absolute Gasteiger partial charge is 0.469 e. The van der Waals surface area contributed by atoms with Crippen LogP contribution in [0.4, 0.5) is 0 Å². The van der Waals surface area contributed by atoms with Gasteiger partial charge in [-0.05, 0) is 12.3 Å². The first kappa shape index (κ1) is 11.8. The summed E-state index contributed by atoms with van der Waals surface area (Å²) >= 11 is 0. The smallest absolute Gasteiger partial charge is 0.310 e. The Hall–Kier alpha value is -1.32. The third-order valence-electron chi connectivity index (χ3n) is 2.81. The third kappa shape index (κ3) is 2.37. The Morgan fingerprint density at radius 1 is 1.20 bits per heavy atom. The second kappa shape index (κ2) is 4.96. The molecule has 0 aliphatic heterocycles. The lowest BCUT2D eigenvalue weighted by Gasteiger charge is -2.28. The summed E-state index contributed by atoms with van der Waals surface area (Å²) < 4.78 is 9.39. The van der Waals surface area contributed by atoms with Crippen molar-refractivity contribution in [3.05, 3.63) is 12.2 Å². The standard InChI is InChI=1S/C11H16O4/c1-7-5-4-6-8(10(12)14-2)9(7)11(13)15-3/h4-5,7-9H,6H2,1-3H3. The summed E-state index contributed by atoms with van der Waals surface area (Å²) in [6, 6.07) is 0. The van der Waals surface area contributed by atoms with E-state index in [1.54, 1.807) is 0 Å². The lowest BCUT2D eigenvalue weighted by Crippen LogP contribution is -2.37. The Bertz CT molecular complexity index is 282. The van der Waals surface area contributed by atoms with Gasteiger partial charge in [0, 0.05) is 0 Å². The van der Waals surface area contributed by atoms with Crippen molar-refractivity contribution in [2.24, 2.45) is 17.8 Å². The van der Waals surface area contributed by atoms with Gasteiger partial charge < -0.3 is 9.47 Å². The minimum atomic E-state index is -0.424. The summed E-state index contributed by atoms with van der Waals surface area (Å²) in [5, 5.41) is 0. The van der Waals surface area contributed by atoms with Crippen molar-refractivity contribution in [3.8, 4) is 0 Å². The molecule has 84 valence electrons. The number of hydrogen-bond donors (Lipinski definition) is 0. The summed E-state index contributed by atoms with van der Waals surface area (Å²) in [6.07, 6.45) is 4.38. The Kier molecular flexibility index (Phi) is 3.88. The molecule has 3 atom stereocenters. The van der Waals surface area contributed by atoms with E-state index in [2.05, 4.69) is 4.74 Å². The topological polar surface area (TPSA) is 52.6 Å². The number of carbonyl (C=O) groups excluding carboxylic acids is 2. The van der Waals surface area contributed by atoms with Crippen LogP contribution in [0.1, 0.15) is 13.3 Å². The maximum atomic E-state index is 11.5. The molecule has 1 rings (SSSR count). The number of hydrogen-bond acceptors (Lipinski definition) is 4. The molecule has 0 fully saturated rings. The first-order valence-corrected chi connectivity index (χ1v) is 4.94. The van der Waals surface area contributed by atoms with Gasteiger partial charge in [0.2, 0.25) is 0 Å². The van der Waals surface area contributed by atoms with Crippen LogP contribution in [0.15, 0.2) is 12.2 Å².